The van der Waals surface area contributed by atoms with Gasteiger partial charge >= 0.3 is 0 Å². The summed E-state index contributed by atoms with van der Waals surface area (Å²) >= 11 is 1.51. The molecule has 0 bridgehead atoms. The van der Waals surface area contributed by atoms with Crippen LogP contribution in [0.4, 0.5) is 4.39 Å². The number of ether oxygens (including phenoxy) is 1. The first-order valence-electron chi connectivity index (χ1n) is 11.0. The van der Waals surface area contributed by atoms with E-state index in [9.17, 15) is 14.0 Å². The van der Waals surface area contributed by atoms with Gasteiger partial charge in [0.05, 0.1) is 12.9 Å². The van der Waals surface area contributed by atoms with Crippen LogP contribution in [0, 0.1) is 5.82 Å². The molecule has 1 N–H and O–H groups in total. The molecule has 7 heteroatoms. The van der Waals surface area contributed by atoms with Gasteiger partial charge in [-0.15, -0.1) is 11.8 Å². The summed E-state index contributed by atoms with van der Waals surface area (Å²) in [5.41, 5.74) is 1.89. The number of carbonyl (C=O) groups excluding carboxylic acids is 2. The normalized spacial score (nSPS) is 11.6. The highest BCUT2D eigenvalue weighted by Gasteiger charge is 2.28. The summed E-state index contributed by atoms with van der Waals surface area (Å²) in [6, 6.07) is 13.2. The summed E-state index contributed by atoms with van der Waals surface area (Å²) in [5, 5.41) is 2.95. The molecular weight excluding hydrogens is 427 g/mol. The number of nitrogens with zero attached hydrogens (tertiary/aromatic N) is 1. The van der Waals surface area contributed by atoms with Crippen LogP contribution in [0.5, 0.6) is 5.75 Å². The molecule has 0 aromatic heterocycles. The Morgan fingerprint density at radius 1 is 1.06 bits per heavy atom. The van der Waals surface area contributed by atoms with Crippen LogP contribution >= 0.6 is 11.8 Å². The number of methoxy groups -OCH3 is 1. The van der Waals surface area contributed by atoms with E-state index in [4.69, 9.17) is 4.74 Å². The maximum Gasteiger partial charge on any atom is 0.242 e. The average molecular weight is 461 g/mol. The molecule has 174 valence electrons. The van der Waals surface area contributed by atoms with Gasteiger partial charge in [0.1, 0.15) is 17.6 Å². The van der Waals surface area contributed by atoms with Crippen molar-refractivity contribution in [2.45, 2.75) is 51.4 Å². The molecular formula is C25H33FN2O3S. The zero-order chi connectivity index (χ0) is 23.3. The molecule has 0 fully saturated rings. The number of benzene rings is 2. The third-order valence-corrected chi connectivity index (χ3v) is 6.12. The van der Waals surface area contributed by atoms with Gasteiger partial charge in [-0.2, -0.15) is 0 Å². The number of thioether (sulfide) groups is 1. The number of rotatable bonds is 13. The van der Waals surface area contributed by atoms with Gasteiger partial charge in [0.15, 0.2) is 0 Å². The van der Waals surface area contributed by atoms with E-state index in [0.29, 0.717) is 18.7 Å². The molecule has 2 aromatic rings. The van der Waals surface area contributed by atoms with E-state index in [1.54, 1.807) is 24.1 Å². The van der Waals surface area contributed by atoms with Crippen molar-refractivity contribution in [2.75, 3.05) is 19.4 Å². The lowest BCUT2D eigenvalue weighted by atomic mass is 10.1. The monoisotopic (exact) mass is 460 g/mol. The molecule has 2 rings (SSSR count). The minimum absolute atomic E-state index is 0.106. The molecule has 0 aliphatic carbocycles. The topological polar surface area (TPSA) is 58.6 Å². The van der Waals surface area contributed by atoms with E-state index in [-0.39, 0.29) is 29.9 Å². The number of unbranched alkanes of at least 4 members (excludes halogenated alkanes) is 1. The van der Waals surface area contributed by atoms with Crippen molar-refractivity contribution in [1.82, 2.24) is 10.2 Å². The van der Waals surface area contributed by atoms with Crippen molar-refractivity contribution in [1.29, 1.82) is 0 Å². The second-order valence-electron chi connectivity index (χ2n) is 7.56. The van der Waals surface area contributed by atoms with Crippen molar-refractivity contribution in [3.8, 4) is 5.75 Å². The van der Waals surface area contributed by atoms with Gasteiger partial charge in [0.2, 0.25) is 11.8 Å². The summed E-state index contributed by atoms with van der Waals surface area (Å²) in [7, 11) is 1.63. The fourth-order valence-corrected chi connectivity index (χ4v) is 4.14. The van der Waals surface area contributed by atoms with Crippen molar-refractivity contribution < 1.29 is 18.7 Å². The molecule has 0 saturated heterocycles. The summed E-state index contributed by atoms with van der Waals surface area (Å²) in [5.74, 6) is 1.15. The Kier molecular flexibility index (Phi) is 11.1. The fourth-order valence-electron chi connectivity index (χ4n) is 3.27. The van der Waals surface area contributed by atoms with Gasteiger partial charge < -0.3 is 15.0 Å². The summed E-state index contributed by atoms with van der Waals surface area (Å²) < 4.78 is 18.5. The van der Waals surface area contributed by atoms with Crippen LogP contribution in [0.3, 0.4) is 0 Å². The third kappa shape index (κ3) is 8.19. The largest absolute Gasteiger partial charge is 0.497 e. The van der Waals surface area contributed by atoms with Crippen LogP contribution in [0.25, 0.3) is 0 Å². The lowest BCUT2D eigenvalue weighted by Crippen LogP contribution is -2.49. The molecule has 32 heavy (non-hydrogen) atoms. The van der Waals surface area contributed by atoms with Gasteiger partial charge in [-0.05, 0) is 48.2 Å². The maximum atomic E-state index is 13.3. The van der Waals surface area contributed by atoms with Gasteiger partial charge in [-0.3, -0.25) is 9.59 Å². The first-order chi connectivity index (χ1) is 15.5. The summed E-state index contributed by atoms with van der Waals surface area (Å²) in [6.45, 7) is 4.83. The lowest BCUT2D eigenvalue weighted by Gasteiger charge is -2.30. The Morgan fingerprint density at radius 2 is 1.72 bits per heavy atom. The molecule has 0 aliphatic heterocycles. The third-order valence-electron chi connectivity index (χ3n) is 5.13. The lowest BCUT2D eigenvalue weighted by molar-refractivity contribution is -0.139. The van der Waals surface area contributed by atoms with Crippen LogP contribution in [-0.4, -0.2) is 42.2 Å². The molecule has 0 aliphatic rings. The first-order valence-corrected chi connectivity index (χ1v) is 12.2. The predicted molar refractivity (Wildman–Crippen MR) is 128 cm³/mol. The fraction of sp³-hybridized carbons (Fsp3) is 0.440. The number of nitrogens with one attached hydrogen (secondary N) is 1. The van der Waals surface area contributed by atoms with Crippen molar-refractivity contribution in [3.63, 3.8) is 0 Å². The summed E-state index contributed by atoms with van der Waals surface area (Å²) in [6.07, 6.45) is 2.39. The van der Waals surface area contributed by atoms with Crippen LogP contribution in [0.1, 0.15) is 44.2 Å². The minimum Gasteiger partial charge on any atom is -0.497 e. The van der Waals surface area contributed by atoms with Crippen molar-refractivity contribution >= 4 is 23.6 Å². The quantitative estimate of drug-likeness (QED) is 0.437. The average Bonchev–Trinajstić information content (AvgIpc) is 2.80. The van der Waals surface area contributed by atoms with Gasteiger partial charge in [0, 0.05) is 18.8 Å². The highest BCUT2D eigenvalue weighted by Crippen LogP contribution is 2.19. The van der Waals surface area contributed by atoms with E-state index in [1.807, 2.05) is 31.2 Å². The van der Waals surface area contributed by atoms with Crippen LogP contribution in [0.15, 0.2) is 48.5 Å². The predicted octanol–water partition coefficient (Wildman–Crippen LogP) is 4.79. The Balaban J connectivity index is 2.07. The molecule has 1 atom stereocenters. The second kappa shape index (κ2) is 13.8. The Bertz CT molecular complexity index is 843. The van der Waals surface area contributed by atoms with Crippen LogP contribution in [-0.2, 0) is 21.9 Å². The van der Waals surface area contributed by atoms with Gasteiger partial charge in [0.25, 0.3) is 0 Å². The van der Waals surface area contributed by atoms with Gasteiger partial charge in [-0.25, -0.2) is 4.39 Å². The molecule has 5 nitrogen and oxygen atoms in total. The second-order valence-corrected chi connectivity index (χ2v) is 8.54. The van der Waals surface area contributed by atoms with E-state index >= 15 is 0 Å². The van der Waals surface area contributed by atoms with E-state index < -0.39 is 6.04 Å². The molecule has 0 heterocycles. The van der Waals surface area contributed by atoms with E-state index in [0.717, 1.165) is 29.7 Å². The maximum absolute atomic E-state index is 13.3. The molecule has 0 spiro atoms. The smallest absolute Gasteiger partial charge is 0.242 e. The molecule has 2 aromatic carbocycles. The van der Waals surface area contributed by atoms with Crippen LogP contribution < -0.4 is 10.1 Å². The standard InChI is InChI=1S/C25H33FN2O3S/c1-4-6-15-27-25(30)23(5-2)28(16-19-7-11-21(26)12-8-19)24(29)18-32-17-20-9-13-22(31-3)14-10-20/h7-14,23H,4-6,15-18H2,1-3H3,(H,27,30)/t23-/m1/s1. The summed E-state index contributed by atoms with van der Waals surface area (Å²) in [4.78, 5) is 27.6. The van der Waals surface area contributed by atoms with Gasteiger partial charge in [-0.1, -0.05) is 44.5 Å². The Labute approximate surface area is 194 Å². The zero-order valence-corrected chi connectivity index (χ0v) is 19.9. The zero-order valence-electron chi connectivity index (χ0n) is 19.1. The van der Waals surface area contributed by atoms with E-state index in [2.05, 4.69) is 12.2 Å². The number of hydrogen-bond acceptors (Lipinski definition) is 4. The first kappa shape index (κ1) is 25.7. The Hall–Kier alpha value is -2.54. The molecule has 0 radical (unpaired) electrons. The van der Waals surface area contributed by atoms with Crippen molar-refractivity contribution in [2.24, 2.45) is 0 Å². The molecule has 2 amide bonds. The minimum atomic E-state index is -0.564. The highest BCUT2D eigenvalue weighted by atomic mass is 32.2. The molecule has 0 saturated carbocycles. The van der Waals surface area contributed by atoms with Crippen molar-refractivity contribution in [3.05, 3.63) is 65.5 Å². The van der Waals surface area contributed by atoms with E-state index in [1.165, 1.54) is 23.9 Å². The highest BCUT2D eigenvalue weighted by molar-refractivity contribution is 7.99. The Morgan fingerprint density at radius 3 is 2.31 bits per heavy atom. The molecule has 0 unspecified atom stereocenters. The number of amides is 2. The number of hydrogen-bond donors (Lipinski definition) is 1. The van der Waals surface area contributed by atoms with Crippen LogP contribution in [0.2, 0.25) is 0 Å². The number of halogens is 1. The number of carbonyl (C=O) groups is 2. The SMILES string of the molecule is CCCCNC(=O)[C@@H](CC)N(Cc1ccc(F)cc1)C(=O)CSCc1ccc(OC)cc1.